The van der Waals surface area contributed by atoms with E-state index in [1.165, 1.54) is 5.56 Å². The van der Waals surface area contributed by atoms with Crippen molar-refractivity contribution in [3.63, 3.8) is 0 Å². The molecule has 1 unspecified atom stereocenters. The van der Waals surface area contributed by atoms with Crippen LogP contribution in [0.2, 0.25) is 0 Å². The van der Waals surface area contributed by atoms with Crippen LogP contribution in [0.3, 0.4) is 0 Å². The molecule has 1 heterocycles. The molecular formula is C17H25NO2. The van der Waals surface area contributed by atoms with E-state index in [1.54, 1.807) is 0 Å². The maximum absolute atomic E-state index is 12.6. The monoisotopic (exact) mass is 275 g/mol. The van der Waals surface area contributed by atoms with Crippen LogP contribution in [0.5, 0.6) is 0 Å². The molecule has 0 aromatic heterocycles. The van der Waals surface area contributed by atoms with Gasteiger partial charge in [-0.15, -0.1) is 0 Å². The number of aliphatic hydroxyl groups is 1. The van der Waals surface area contributed by atoms with Gasteiger partial charge in [-0.2, -0.15) is 0 Å². The zero-order chi connectivity index (χ0) is 14.5. The summed E-state index contributed by atoms with van der Waals surface area (Å²) < 4.78 is 0. The standard InChI is InChI=1S/C17H25NO2/c1-13(2)14-6-8-15(9-7-14)17(20)18-11-4-3-5-16(18)10-12-19/h6-9,13,16,19H,3-5,10-12H2,1-2H3. The molecule has 1 N–H and O–H groups in total. The molecule has 3 nitrogen and oxygen atoms in total. The molecule has 2 rings (SSSR count). The first-order valence-electron chi connectivity index (χ1n) is 7.65. The molecular weight excluding hydrogens is 250 g/mol. The summed E-state index contributed by atoms with van der Waals surface area (Å²) in [5.41, 5.74) is 2.02. The summed E-state index contributed by atoms with van der Waals surface area (Å²) in [5.74, 6) is 0.592. The molecule has 1 atom stereocenters. The Morgan fingerprint density at radius 1 is 1.30 bits per heavy atom. The van der Waals surface area contributed by atoms with Crippen molar-refractivity contribution in [3.8, 4) is 0 Å². The van der Waals surface area contributed by atoms with Crippen molar-refractivity contribution < 1.29 is 9.90 Å². The summed E-state index contributed by atoms with van der Waals surface area (Å²) in [6.07, 6.45) is 3.92. The Hall–Kier alpha value is -1.35. The van der Waals surface area contributed by atoms with Crippen LogP contribution in [0.25, 0.3) is 0 Å². The average molecular weight is 275 g/mol. The molecule has 1 aliphatic heterocycles. The number of nitrogens with zero attached hydrogens (tertiary/aromatic N) is 1. The van der Waals surface area contributed by atoms with E-state index in [9.17, 15) is 4.79 Å². The summed E-state index contributed by atoms with van der Waals surface area (Å²) in [7, 11) is 0. The highest BCUT2D eigenvalue weighted by Crippen LogP contribution is 2.22. The van der Waals surface area contributed by atoms with Crippen molar-refractivity contribution in [2.24, 2.45) is 0 Å². The maximum Gasteiger partial charge on any atom is 0.254 e. The quantitative estimate of drug-likeness (QED) is 0.916. The van der Waals surface area contributed by atoms with Gasteiger partial charge in [0.05, 0.1) is 0 Å². The highest BCUT2D eigenvalue weighted by molar-refractivity contribution is 5.94. The van der Waals surface area contributed by atoms with Gasteiger partial charge < -0.3 is 10.0 Å². The molecule has 0 bridgehead atoms. The number of carbonyl (C=O) groups excluding carboxylic acids is 1. The number of hydrogen-bond acceptors (Lipinski definition) is 2. The van der Waals surface area contributed by atoms with Crippen molar-refractivity contribution in [1.82, 2.24) is 4.90 Å². The molecule has 0 spiro atoms. The van der Waals surface area contributed by atoms with E-state index in [-0.39, 0.29) is 18.6 Å². The van der Waals surface area contributed by atoms with Crippen molar-refractivity contribution in [2.45, 2.75) is 51.5 Å². The molecule has 1 aromatic carbocycles. The molecule has 110 valence electrons. The van der Waals surface area contributed by atoms with Gasteiger partial charge in [-0.1, -0.05) is 26.0 Å². The van der Waals surface area contributed by atoms with Gasteiger partial charge in [-0.25, -0.2) is 0 Å². The first-order chi connectivity index (χ1) is 9.63. The fourth-order valence-corrected chi connectivity index (χ4v) is 2.89. The fourth-order valence-electron chi connectivity index (χ4n) is 2.89. The second-order valence-corrected chi connectivity index (χ2v) is 5.94. The van der Waals surface area contributed by atoms with Gasteiger partial charge in [-0.05, 0) is 49.3 Å². The fraction of sp³-hybridized carbons (Fsp3) is 0.588. The molecule has 20 heavy (non-hydrogen) atoms. The lowest BCUT2D eigenvalue weighted by Crippen LogP contribution is -2.44. The number of rotatable bonds is 4. The normalized spacial score (nSPS) is 19.4. The van der Waals surface area contributed by atoms with Gasteiger partial charge in [0.25, 0.3) is 5.91 Å². The second kappa shape index (κ2) is 6.89. The Morgan fingerprint density at radius 2 is 2.00 bits per heavy atom. The summed E-state index contributed by atoms with van der Waals surface area (Å²) in [5, 5.41) is 9.15. The van der Waals surface area contributed by atoms with E-state index >= 15 is 0 Å². The first kappa shape index (κ1) is 15.0. The van der Waals surface area contributed by atoms with Crippen LogP contribution in [0, 0.1) is 0 Å². The third-order valence-electron chi connectivity index (χ3n) is 4.17. The van der Waals surface area contributed by atoms with E-state index in [1.807, 2.05) is 29.2 Å². The van der Waals surface area contributed by atoms with Crippen molar-refractivity contribution in [2.75, 3.05) is 13.2 Å². The van der Waals surface area contributed by atoms with Crippen LogP contribution >= 0.6 is 0 Å². The summed E-state index contributed by atoms with van der Waals surface area (Å²) in [6.45, 7) is 5.27. The lowest BCUT2D eigenvalue weighted by atomic mass is 9.97. The highest BCUT2D eigenvalue weighted by atomic mass is 16.3. The molecule has 1 fully saturated rings. The van der Waals surface area contributed by atoms with Gasteiger partial charge in [0.2, 0.25) is 0 Å². The SMILES string of the molecule is CC(C)c1ccc(C(=O)N2CCCCC2CCO)cc1. The van der Waals surface area contributed by atoms with Crippen LogP contribution in [-0.2, 0) is 0 Å². The van der Waals surface area contributed by atoms with Crippen molar-refractivity contribution in [3.05, 3.63) is 35.4 Å². The Labute approximate surface area is 121 Å². The zero-order valence-corrected chi connectivity index (χ0v) is 12.5. The zero-order valence-electron chi connectivity index (χ0n) is 12.5. The number of carbonyl (C=O) groups is 1. The van der Waals surface area contributed by atoms with Gasteiger partial charge in [-0.3, -0.25) is 4.79 Å². The van der Waals surface area contributed by atoms with E-state index in [4.69, 9.17) is 5.11 Å². The minimum Gasteiger partial charge on any atom is -0.396 e. The Kier molecular flexibility index (Phi) is 5.18. The number of hydrogen-bond donors (Lipinski definition) is 1. The minimum absolute atomic E-state index is 0.110. The molecule has 1 saturated heterocycles. The van der Waals surface area contributed by atoms with E-state index in [0.29, 0.717) is 12.3 Å². The van der Waals surface area contributed by atoms with E-state index in [0.717, 1.165) is 31.4 Å². The summed E-state index contributed by atoms with van der Waals surface area (Å²) in [4.78, 5) is 14.6. The van der Waals surface area contributed by atoms with E-state index < -0.39 is 0 Å². The van der Waals surface area contributed by atoms with Gasteiger partial charge in [0.1, 0.15) is 0 Å². The maximum atomic E-state index is 12.6. The number of amides is 1. The smallest absolute Gasteiger partial charge is 0.254 e. The lowest BCUT2D eigenvalue weighted by Gasteiger charge is -2.35. The molecule has 3 heteroatoms. The number of piperidine rings is 1. The van der Waals surface area contributed by atoms with Crippen LogP contribution in [-0.4, -0.2) is 35.1 Å². The molecule has 1 aromatic rings. The molecule has 0 radical (unpaired) electrons. The predicted octanol–water partition coefficient (Wildman–Crippen LogP) is 3.19. The number of benzene rings is 1. The Balaban J connectivity index is 2.12. The number of likely N-dealkylation sites (tertiary alicyclic amines) is 1. The second-order valence-electron chi connectivity index (χ2n) is 5.94. The lowest BCUT2D eigenvalue weighted by molar-refractivity contribution is 0.0574. The topological polar surface area (TPSA) is 40.5 Å². The van der Waals surface area contributed by atoms with Crippen molar-refractivity contribution >= 4 is 5.91 Å². The van der Waals surface area contributed by atoms with Gasteiger partial charge in [0.15, 0.2) is 0 Å². The Morgan fingerprint density at radius 3 is 2.60 bits per heavy atom. The van der Waals surface area contributed by atoms with E-state index in [2.05, 4.69) is 13.8 Å². The van der Waals surface area contributed by atoms with Crippen LogP contribution in [0.4, 0.5) is 0 Å². The van der Waals surface area contributed by atoms with Gasteiger partial charge >= 0.3 is 0 Å². The Bertz CT molecular complexity index is 437. The largest absolute Gasteiger partial charge is 0.396 e. The third-order valence-corrected chi connectivity index (χ3v) is 4.17. The highest BCUT2D eigenvalue weighted by Gasteiger charge is 2.26. The number of aliphatic hydroxyl groups excluding tert-OH is 1. The van der Waals surface area contributed by atoms with Crippen LogP contribution in [0.15, 0.2) is 24.3 Å². The van der Waals surface area contributed by atoms with Gasteiger partial charge in [0, 0.05) is 24.8 Å². The predicted molar refractivity (Wildman–Crippen MR) is 80.9 cm³/mol. The minimum atomic E-state index is 0.110. The first-order valence-corrected chi connectivity index (χ1v) is 7.65. The van der Waals surface area contributed by atoms with Crippen LogP contribution < -0.4 is 0 Å². The van der Waals surface area contributed by atoms with Crippen LogP contribution in [0.1, 0.15) is 61.4 Å². The molecule has 1 aliphatic rings. The van der Waals surface area contributed by atoms with Crippen molar-refractivity contribution in [1.29, 1.82) is 0 Å². The molecule has 0 saturated carbocycles. The summed E-state index contributed by atoms with van der Waals surface area (Å²) in [6, 6.07) is 8.15. The molecule has 0 aliphatic carbocycles. The average Bonchev–Trinajstić information content (AvgIpc) is 2.47. The summed E-state index contributed by atoms with van der Waals surface area (Å²) >= 11 is 0. The third kappa shape index (κ3) is 3.40. The molecule has 1 amide bonds.